The van der Waals surface area contributed by atoms with E-state index in [-0.39, 0.29) is 12.5 Å². The molecule has 0 bridgehead atoms. The number of carbonyl (C=O) groups is 1. The summed E-state index contributed by atoms with van der Waals surface area (Å²) in [4.78, 5) is 16.1. The van der Waals surface area contributed by atoms with E-state index in [9.17, 15) is 4.79 Å². The molecule has 0 saturated carbocycles. The van der Waals surface area contributed by atoms with Crippen molar-refractivity contribution < 1.29 is 9.90 Å². The van der Waals surface area contributed by atoms with Crippen LogP contribution in [0.2, 0.25) is 0 Å². The van der Waals surface area contributed by atoms with E-state index in [4.69, 9.17) is 5.11 Å². The molecule has 1 aromatic carbocycles. The lowest BCUT2D eigenvalue weighted by atomic mass is 10.1. The number of aliphatic imine (C=N–C) groups is 1. The third kappa shape index (κ3) is 3.16. The molecule has 0 unspecified atom stereocenters. The first-order valence-corrected chi connectivity index (χ1v) is 6.48. The van der Waals surface area contributed by atoms with Crippen molar-refractivity contribution in [1.82, 2.24) is 4.72 Å². The average Bonchev–Trinajstić information content (AvgIpc) is 2.26. The van der Waals surface area contributed by atoms with Gasteiger partial charge in [0.25, 0.3) is 0 Å². The Labute approximate surface area is 110 Å². The number of aliphatic carboxylic acids is 1. The number of guanidine groups is 1. The van der Waals surface area contributed by atoms with Crippen LogP contribution in [-0.4, -0.2) is 23.1 Å². The van der Waals surface area contributed by atoms with E-state index in [2.05, 4.69) is 15.0 Å². The molecule has 96 valence electrons. The molecule has 0 aromatic heterocycles. The van der Waals surface area contributed by atoms with E-state index in [0.29, 0.717) is 5.96 Å². The zero-order chi connectivity index (χ0) is 13.1. The standard InChI is InChI=1S/C12H15N3O2S/c1-7(2)13-12-14-9-5-8(6-11(16)17)3-4-10(9)18-15-12/h3-5,7H,6H2,1-2H3,(H,16,17)(H2,13,14,15). The van der Waals surface area contributed by atoms with Crippen LogP contribution in [0.4, 0.5) is 5.69 Å². The summed E-state index contributed by atoms with van der Waals surface area (Å²) >= 11 is 1.48. The third-order valence-corrected chi connectivity index (χ3v) is 3.17. The van der Waals surface area contributed by atoms with Gasteiger partial charge in [0.15, 0.2) is 0 Å². The van der Waals surface area contributed by atoms with Gasteiger partial charge in [-0.1, -0.05) is 6.07 Å². The van der Waals surface area contributed by atoms with Gasteiger partial charge in [0.05, 0.1) is 17.0 Å². The fourth-order valence-corrected chi connectivity index (χ4v) is 2.29. The number of anilines is 1. The molecule has 0 spiro atoms. The molecular formula is C12H15N3O2S. The minimum absolute atomic E-state index is 0.0315. The van der Waals surface area contributed by atoms with Crippen LogP contribution >= 0.6 is 11.9 Å². The maximum absolute atomic E-state index is 10.7. The zero-order valence-electron chi connectivity index (χ0n) is 10.2. The summed E-state index contributed by atoms with van der Waals surface area (Å²) in [6.45, 7) is 3.99. The molecule has 0 saturated heterocycles. The summed E-state index contributed by atoms with van der Waals surface area (Å²) in [5.74, 6) is -0.123. The Morgan fingerprint density at radius 3 is 2.94 bits per heavy atom. The van der Waals surface area contributed by atoms with Crippen LogP contribution in [0.1, 0.15) is 19.4 Å². The highest BCUT2D eigenvalue weighted by molar-refractivity contribution is 7.98. The van der Waals surface area contributed by atoms with Crippen molar-refractivity contribution in [3.05, 3.63) is 23.8 Å². The molecule has 5 nitrogen and oxygen atoms in total. The van der Waals surface area contributed by atoms with Crippen LogP contribution in [0.3, 0.4) is 0 Å². The lowest BCUT2D eigenvalue weighted by Gasteiger charge is -2.21. The molecule has 1 heterocycles. The molecule has 1 aliphatic heterocycles. The molecule has 2 rings (SSSR count). The van der Waals surface area contributed by atoms with Crippen LogP contribution in [0.15, 0.2) is 28.1 Å². The van der Waals surface area contributed by atoms with Crippen molar-refractivity contribution in [3.8, 4) is 0 Å². The minimum atomic E-state index is -0.826. The lowest BCUT2D eigenvalue weighted by Crippen LogP contribution is -2.30. The molecule has 1 aromatic rings. The Morgan fingerprint density at radius 1 is 1.50 bits per heavy atom. The van der Waals surface area contributed by atoms with E-state index in [0.717, 1.165) is 16.1 Å². The number of benzene rings is 1. The number of hydrogen-bond acceptors (Lipinski definition) is 3. The Bertz CT molecular complexity index is 500. The predicted octanol–water partition coefficient (Wildman–Crippen LogP) is 2.10. The van der Waals surface area contributed by atoms with Crippen molar-refractivity contribution in [2.45, 2.75) is 31.2 Å². The molecule has 0 radical (unpaired) electrons. The third-order valence-electron chi connectivity index (χ3n) is 2.30. The van der Waals surface area contributed by atoms with Crippen molar-refractivity contribution in [3.63, 3.8) is 0 Å². The van der Waals surface area contributed by atoms with Crippen LogP contribution < -0.4 is 10.0 Å². The van der Waals surface area contributed by atoms with E-state index >= 15 is 0 Å². The smallest absolute Gasteiger partial charge is 0.307 e. The molecule has 0 aliphatic carbocycles. The van der Waals surface area contributed by atoms with E-state index < -0.39 is 5.97 Å². The molecule has 0 amide bonds. The minimum Gasteiger partial charge on any atom is -0.481 e. The fourth-order valence-electron chi connectivity index (χ4n) is 1.62. The maximum Gasteiger partial charge on any atom is 0.307 e. The van der Waals surface area contributed by atoms with Gasteiger partial charge in [-0.15, -0.1) is 0 Å². The number of rotatable bonds is 3. The average molecular weight is 265 g/mol. The van der Waals surface area contributed by atoms with Gasteiger partial charge in [0, 0.05) is 6.04 Å². The summed E-state index contributed by atoms with van der Waals surface area (Å²) in [5.41, 5.74) is 1.68. The molecule has 0 atom stereocenters. The first-order chi connectivity index (χ1) is 8.54. The van der Waals surface area contributed by atoms with Crippen LogP contribution in [0.5, 0.6) is 0 Å². The SMILES string of the molecule is CC(C)N=C1NSc2ccc(CC(=O)O)cc2N1. The highest BCUT2D eigenvalue weighted by Gasteiger charge is 2.15. The second kappa shape index (κ2) is 5.30. The number of carboxylic acid groups (broad SMARTS) is 1. The molecule has 6 heteroatoms. The number of fused-ring (bicyclic) bond motifs is 1. The zero-order valence-corrected chi connectivity index (χ0v) is 11.0. The van der Waals surface area contributed by atoms with Gasteiger partial charge < -0.3 is 10.4 Å². The molecule has 0 fully saturated rings. The van der Waals surface area contributed by atoms with Gasteiger partial charge in [-0.25, -0.2) is 4.99 Å². The van der Waals surface area contributed by atoms with Crippen molar-refractivity contribution in [2.75, 3.05) is 5.32 Å². The quantitative estimate of drug-likeness (QED) is 0.730. The van der Waals surface area contributed by atoms with Gasteiger partial charge in [0.1, 0.15) is 0 Å². The molecule has 1 aliphatic rings. The summed E-state index contributed by atoms with van der Waals surface area (Å²) in [6.07, 6.45) is 0.0315. The Morgan fingerprint density at radius 2 is 2.28 bits per heavy atom. The maximum atomic E-state index is 10.7. The number of nitrogens with zero attached hydrogens (tertiary/aromatic N) is 1. The predicted molar refractivity (Wildman–Crippen MR) is 73.0 cm³/mol. The van der Waals surface area contributed by atoms with E-state index in [1.54, 1.807) is 0 Å². The van der Waals surface area contributed by atoms with E-state index in [1.165, 1.54) is 11.9 Å². The van der Waals surface area contributed by atoms with Gasteiger partial charge in [-0.2, -0.15) is 0 Å². The molecule has 18 heavy (non-hydrogen) atoms. The number of nitrogens with one attached hydrogen (secondary N) is 2. The van der Waals surface area contributed by atoms with E-state index in [1.807, 2.05) is 32.0 Å². The second-order valence-electron chi connectivity index (χ2n) is 4.30. The van der Waals surface area contributed by atoms with Crippen molar-refractivity contribution >= 4 is 29.6 Å². The highest BCUT2D eigenvalue weighted by atomic mass is 32.2. The van der Waals surface area contributed by atoms with Gasteiger partial charge in [-0.05, 0) is 43.5 Å². The molecular weight excluding hydrogens is 250 g/mol. The summed E-state index contributed by atoms with van der Waals surface area (Å²) in [5, 5.41) is 11.9. The normalized spacial score (nSPS) is 16.1. The van der Waals surface area contributed by atoms with Crippen molar-refractivity contribution in [1.29, 1.82) is 0 Å². The summed E-state index contributed by atoms with van der Waals surface area (Å²) in [7, 11) is 0. The number of hydrogen-bond donors (Lipinski definition) is 3. The Balaban J connectivity index is 2.21. The topological polar surface area (TPSA) is 73.7 Å². The fraction of sp³-hybridized carbons (Fsp3) is 0.333. The Kier molecular flexibility index (Phi) is 3.76. The van der Waals surface area contributed by atoms with Crippen LogP contribution in [0.25, 0.3) is 0 Å². The van der Waals surface area contributed by atoms with Gasteiger partial charge >= 0.3 is 5.97 Å². The van der Waals surface area contributed by atoms with Crippen LogP contribution in [0, 0.1) is 0 Å². The largest absolute Gasteiger partial charge is 0.481 e. The second-order valence-corrected chi connectivity index (χ2v) is 5.15. The van der Waals surface area contributed by atoms with Crippen LogP contribution in [-0.2, 0) is 11.2 Å². The summed E-state index contributed by atoms with van der Waals surface area (Å²) in [6, 6.07) is 5.79. The number of carboxylic acids is 1. The Hall–Kier alpha value is -1.69. The van der Waals surface area contributed by atoms with Gasteiger partial charge in [0.2, 0.25) is 5.96 Å². The highest BCUT2D eigenvalue weighted by Crippen LogP contribution is 2.29. The van der Waals surface area contributed by atoms with Gasteiger partial charge in [-0.3, -0.25) is 9.52 Å². The monoisotopic (exact) mass is 265 g/mol. The first kappa shape index (κ1) is 12.8. The molecule has 3 N–H and O–H groups in total. The lowest BCUT2D eigenvalue weighted by molar-refractivity contribution is -0.136. The van der Waals surface area contributed by atoms with Crippen molar-refractivity contribution in [2.24, 2.45) is 4.99 Å². The summed E-state index contributed by atoms with van der Waals surface area (Å²) < 4.78 is 3.11. The first-order valence-electron chi connectivity index (χ1n) is 5.67.